The maximum Gasteiger partial charge on any atom is 0.0814 e. The van der Waals surface area contributed by atoms with Gasteiger partial charge < -0.3 is 9.84 Å². The Labute approximate surface area is 80.3 Å². The Bertz CT molecular complexity index is 181. The SMILES string of the molecule is C[C@@H]1CCCC[C@@]12CC[C@H](CO)O2. The van der Waals surface area contributed by atoms with Crippen molar-refractivity contribution in [3.05, 3.63) is 0 Å². The molecule has 1 aliphatic carbocycles. The van der Waals surface area contributed by atoms with Gasteiger partial charge in [-0.1, -0.05) is 19.8 Å². The highest BCUT2D eigenvalue weighted by molar-refractivity contribution is 4.95. The summed E-state index contributed by atoms with van der Waals surface area (Å²) >= 11 is 0. The molecule has 1 heterocycles. The van der Waals surface area contributed by atoms with Gasteiger partial charge in [-0.25, -0.2) is 0 Å². The molecule has 0 amide bonds. The summed E-state index contributed by atoms with van der Waals surface area (Å²) in [6.45, 7) is 2.51. The van der Waals surface area contributed by atoms with Crippen LogP contribution >= 0.6 is 0 Å². The molecule has 2 fully saturated rings. The molecule has 2 aliphatic rings. The molecule has 0 bridgehead atoms. The summed E-state index contributed by atoms with van der Waals surface area (Å²) in [6.07, 6.45) is 7.53. The van der Waals surface area contributed by atoms with Crippen molar-refractivity contribution in [3.8, 4) is 0 Å². The summed E-state index contributed by atoms with van der Waals surface area (Å²) in [4.78, 5) is 0. The number of rotatable bonds is 1. The van der Waals surface area contributed by atoms with Crippen LogP contribution in [0.3, 0.4) is 0 Å². The second-order valence-electron chi connectivity index (χ2n) is 4.67. The number of hydrogen-bond donors (Lipinski definition) is 1. The van der Waals surface area contributed by atoms with Gasteiger partial charge in [0.25, 0.3) is 0 Å². The van der Waals surface area contributed by atoms with Crippen LogP contribution in [0, 0.1) is 5.92 Å². The molecule has 76 valence electrons. The summed E-state index contributed by atoms with van der Waals surface area (Å²) in [6, 6.07) is 0. The maximum atomic E-state index is 9.04. The topological polar surface area (TPSA) is 29.5 Å². The highest BCUT2D eigenvalue weighted by Crippen LogP contribution is 2.45. The Morgan fingerprint density at radius 1 is 1.31 bits per heavy atom. The molecule has 3 atom stereocenters. The third-order valence-corrected chi connectivity index (χ3v) is 3.88. The molecular weight excluding hydrogens is 164 g/mol. The van der Waals surface area contributed by atoms with Crippen molar-refractivity contribution < 1.29 is 9.84 Å². The Hall–Kier alpha value is -0.0800. The summed E-state index contributed by atoms with van der Waals surface area (Å²) < 4.78 is 6.00. The largest absolute Gasteiger partial charge is 0.394 e. The fraction of sp³-hybridized carbons (Fsp3) is 1.00. The molecule has 0 aromatic carbocycles. The van der Waals surface area contributed by atoms with Crippen LogP contribution < -0.4 is 0 Å². The summed E-state index contributed by atoms with van der Waals surface area (Å²) in [5.41, 5.74) is 0.144. The highest BCUT2D eigenvalue weighted by atomic mass is 16.5. The Morgan fingerprint density at radius 3 is 2.77 bits per heavy atom. The first-order chi connectivity index (χ1) is 6.27. The summed E-state index contributed by atoms with van der Waals surface area (Å²) in [5, 5.41) is 9.04. The Kier molecular flexibility index (Phi) is 2.61. The molecule has 2 nitrogen and oxygen atoms in total. The van der Waals surface area contributed by atoms with Gasteiger partial charge in [-0.05, 0) is 31.6 Å². The minimum atomic E-state index is 0.126. The molecule has 0 radical (unpaired) electrons. The first kappa shape index (κ1) is 9.47. The van der Waals surface area contributed by atoms with Gasteiger partial charge in [-0.2, -0.15) is 0 Å². The lowest BCUT2D eigenvalue weighted by Crippen LogP contribution is -2.39. The van der Waals surface area contributed by atoms with E-state index in [0.29, 0.717) is 5.92 Å². The van der Waals surface area contributed by atoms with Gasteiger partial charge >= 0.3 is 0 Å². The normalized spacial score (nSPS) is 45.7. The minimum Gasteiger partial charge on any atom is -0.394 e. The predicted molar refractivity (Wildman–Crippen MR) is 51.6 cm³/mol. The molecule has 1 saturated heterocycles. The number of hydrogen-bond acceptors (Lipinski definition) is 2. The lowest BCUT2D eigenvalue weighted by atomic mass is 9.75. The van der Waals surface area contributed by atoms with Crippen molar-refractivity contribution >= 4 is 0 Å². The average molecular weight is 184 g/mol. The Balaban J connectivity index is 2.03. The van der Waals surface area contributed by atoms with Gasteiger partial charge in [0.2, 0.25) is 0 Å². The second-order valence-corrected chi connectivity index (χ2v) is 4.67. The molecule has 0 aromatic heterocycles. The van der Waals surface area contributed by atoms with Gasteiger partial charge in [0.1, 0.15) is 0 Å². The third-order valence-electron chi connectivity index (χ3n) is 3.88. The van der Waals surface area contributed by atoms with E-state index in [0.717, 1.165) is 6.42 Å². The van der Waals surface area contributed by atoms with Crippen LogP contribution in [-0.2, 0) is 4.74 Å². The fourth-order valence-corrected chi connectivity index (χ4v) is 2.91. The van der Waals surface area contributed by atoms with Crippen LogP contribution in [0.2, 0.25) is 0 Å². The van der Waals surface area contributed by atoms with Crippen molar-refractivity contribution in [1.29, 1.82) is 0 Å². The summed E-state index contributed by atoms with van der Waals surface area (Å²) in [7, 11) is 0. The molecular formula is C11H20O2. The monoisotopic (exact) mass is 184 g/mol. The fourth-order valence-electron chi connectivity index (χ4n) is 2.91. The molecule has 1 saturated carbocycles. The predicted octanol–water partition coefficient (Wildman–Crippen LogP) is 2.11. The quantitative estimate of drug-likeness (QED) is 0.676. The average Bonchev–Trinajstić information content (AvgIpc) is 2.56. The number of ether oxygens (including phenoxy) is 1. The lowest BCUT2D eigenvalue weighted by molar-refractivity contribution is -0.106. The lowest BCUT2D eigenvalue weighted by Gasteiger charge is -2.39. The smallest absolute Gasteiger partial charge is 0.0814 e. The van der Waals surface area contributed by atoms with Gasteiger partial charge in [0.15, 0.2) is 0 Å². The standard InChI is InChI=1S/C11H20O2/c1-9-4-2-3-6-11(9)7-5-10(8-12)13-11/h9-10,12H,2-8H2,1H3/t9-,10-,11-/m1/s1. The molecule has 2 rings (SSSR count). The van der Waals surface area contributed by atoms with Crippen LogP contribution in [0.25, 0.3) is 0 Å². The van der Waals surface area contributed by atoms with E-state index >= 15 is 0 Å². The third kappa shape index (κ3) is 1.62. The van der Waals surface area contributed by atoms with Crippen LogP contribution in [-0.4, -0.2) is 23.4 Å². The first-order valence-corrected chi connectivity index (χ1v) is 5.55. The van der Waals surface area contributed by atoms with E-state index in [1.807, 2.05) is 0 Å². The van der Waals surface area contributed by atoms with E-state index in [1.165, 1.54) is 32.1 Å². The van der Waals surface area contributed by atoms with Crippen LogP contribution in [0.4, 0.5) is 0 Å². The van der Waals surface area contributed by atoms with Crippen LogP contribution in [0.1, 0.15) is 45.4 Å². The van der Waals surface area contributed by atoms with Gasteiger partial charge in [0.05, 0.1) is 18.3 Å². The van der Waals surface area contributed by atoms with Crippen molar-refractivity contribution in [1.82, 2.24) is 0 Å². The van der Waals surface area contributed by atoms with E-state index in [1.54, 1.807) is 0 Å². The second kappa shape index (κ2) is 3.58. The molecule has 13 heavy (non-hydrogen) atoms. The minimum absolute atomic E-state index is 0.126. The Morgan fingerprint density at radius 2 is 2.15 bits per heavy atom. The zero-order valence-corrected chi connectivity index (χ0v) is 8.46. The van der Waals surface area contributed by atoms with E-state index in [9.17, 15) is 0 Å². The molecule has 1 aliphatic heterocycles. The van der Waals surface area contributed by atoms with Gasteiger partial charge in [0, 0.05) is 0 Å². The van der Waals surface area contributed by atoms with E-state index in [-0.39, 0.29) is 18.3 Å². The zero-order chi connectivity index (χ0) is 9.31. The summed E-state index contributed by atoms with van der Waals surface area (Å²) in [5.74, 6) is 0.692. The van der Waals surface area contributed by atoms with Gasteiger partial charge in [-0.15, -0.1) is 0 Å². The molecule has 1 N–H and O–H groups in total. The van der Waals surface area contributed by atoms with Crippen molar-refractivity contribution in [2.24, 2.45) is 5.92 Å². The highest BCUT2D eigenvalue weighted by Gasteiger charge is 2.44. The molecule has 0 aromatic rings. The van der Waals surface area contributed by atoms with Gasteiger partial charge in [-0.3, -0.25) is 0 Å². The maximum absolute atomic E-state index is 9.04. The van der Waals surface area contributed by atoms with Crippen molar-refractivity contribution in [2.45, 2.75) is 57.2 Å². The van der Waals surface area contributed by atoms with E-state index in [2.05, 4.69) is 6.92 Å². The van der Waals surface area contributed by atoms with E-state index in [4.69, 9.17) is 9.84 Å². The van der Waals surface area contributed by atoms with Crippen LogP contribution in [0.15, 0.2) is 0 Å². The van der Waals surface area contributed by atoms with Crippen molar-refractivity contribution in [3.63, 3.8) is 0 Å². The molecule has 1 spiro atoms. The van der Waals surface area contributed by atoms with Crippen LogP contribution in [0.5, 0.6) is 0 Å². The van der Waals surface area contributed by atoms with Crippen molar-refractivity contribution in [2.75, 3.05) is 6.61 Å². The number of aliphatic hydroxyl groups excluding tert-OH is 1. The first-order valence-electron chi connectivity index (χ1n) is 5.55. The van der Waals surface area contributed by atoms with E-state index < -0.39 is 0 Å². The molecule has 0 unspecified atom stereocenters. The molecule has 2 heteroatoms. The zero-order valence-electron chi connectivity index (χ0n) is 8.46. The number of aliphatic hydroxyl groups is 1.